The molecule has 0 spiro atoms. The molecule has 0 aliphatic heterocycles. The molecule has 102 valence electrons. The summed E-state index contributed by atoms with van der Waals surface area (Å²) in [5.41, 5.74) is 11.8. The molecule has 1 saturated carbocycles. The van der Waals surface area contributed by atoms with Crippen molar-refractivity contribution >= 4 is 11.8 Å². The standard InChI is InChI=1S/C14H19N3O2/c15-11(8-12(16)18)14(19)17-13(10-6-7-10)9-4-2-1-3-5-9/h1-5,10-11,13H,6-8,15H2,(H2,16,18)(H,17,19). The molecule has 1 fully saturated rings. The largest absolute Gasteiger partial charge is 0.370 e. The van der Waals surface area contributed by atoms with Crippen molar-refractivity contribution in [2.24, 2.45) is 17.4 Å². The van der Waals surface area contributed by atoms with E-state index in [2.05, 4.69) is 5.32 Å². The molecule has 5 nitrogen and oxygen atoms in total. The van der Waals surface area contributed by atoms with Gasteiger partial charge in [0.1, 0.15) is 0 Å². The number of carbonyl (C=O) groups is 2. The van der Waals surface area contributed by atoms with Gasteiger partial charge in [-0.2, -0.15) is 0 Å². The molecule has 2 rings (SSSR count). The summed E-state index contributed by atoms with van der Waals surface area (Å²) in [5.74, 6) is -0.419. The zero-order valence-electron chi connectivity index (χ0n) is 10.7. The molecule has 1 aromatic carbocycles. The number of benzene rings is 1. The van der Waals surface area contributed by atoms with Gasteiger partial charge in [-0.1, -0.05) is 30.3 Å². The third kappa shape index (κ3) is 3.79. The second-order valence-corrected chi connectivity index (χ2v) is 5.01. The molecular formula is C14H19N3O2. The van der Waals surface area contributed by atoms with E-state index >= 15 is 0 Å². The quantitative estimate of drug-likeness (QED) is 0.693. The predicted molar refractivity (Wildman–Crippen MR) is 71.8 cm³/mol. The number of hydrogen-bond donors (Lipinski definition) is 3. The average molecular weight is 261 g/mol. The number of hydrogen-bond acceptors (Lipinski definition) is 3. The van der Waals surface area contributed by atoms with Crippen LogP contribution in [-0.2, 0) is 9.59 Å². The molecule has 5 heteroatoms. The summed E-state index contributed by atoms with van der Waals surface area (Å²) in [7, 11) is 0. The zero-order chi connectivity index (χ0) is 13.8. The summed E-state index contributed by atoms with van der Waals surface area (Å²) in [4.78, 5) is 22.7. The van der Waals surface area contributed by atoms with Crippen LogP contribution in [0, 0.1) is 5.92 Å². The Balaban J connectivity index is 2.01. The van der Waals surface area contributed by atoms with Crippen molar-refractivity contribution < 1.29 is 9.59 Å². The Morgan fingerprint density at radius 2 is 1.89 bits per heavy atom. The van der Waals surface area contributed by atoms with Crippen LogP contribution in [0.3, 0.4) is 0 Å². The first kappa shape index (κ1) is 13.5. The SMILES string of the molecule is NC(=O)CC(N)C(=O)NC(c1ccccc1)C1CC1. The van der Waals surface area contributed by atoms with Crippen LogP contribution in [0.5, 0.6) is 0 Å². The van der Waals surface area contributed by atoms with Crippen molar-refractivity contribution in [2.75, 3.05) is 0 Å². The van der Waals surface area contributed by atoms with E-state index in [4.69, 9.17) is 11.5 Å². The highest BCUT2D eigenvalue weighted by atomic mass is 16.2. The van der Waals surface area contributed by atoms with Crippen LogP contribution in [0.15, 0.2) is 30.3 Å². The molecular weight excluding hydrogens is 242 g/mol. The molecule has 0 radical (unpaired) electrons. The molecule has 0 saturated heterocycles. The van der Waals surface area contributed by atoms with Gasteiger partial charge in [-0.15, -0.1) is 0 Å². The van der Waals surface area contributed by atoms with Gasteiger partial charge in [0, 0.05) is 0 Å². The lowest BCUT2D eigenvalue weighted by Gasteiger charge is -2.20. The molecule has 1 aromatic rings. The lowest BCUT2D eigenvalue weighted by Crippen LogP contribution is -2.44. The molecule has 5 N–H and O–H groups in total. The molecule has 1 aliphatic rings. The van der Waals surface area contributed by atoms with E-state index in [1.165, 1.54) is 0 Å². The second kappa shape index (κ2) is 5.84. The van der Waals surface area contributed by atoms with E-state index in [9.17, 15) is 9.59 Å². The van der Waals surface area contributed by atoms with Gasteiger partial charge in [0.2, 0.25) is 11.8 Å². The van der Waals surface area contributed by atoms with Gasteiger partial charge < -0.3 is 16.8 Å². The molecule has 2 amide bonds. The fraction of sp³-hybridized carbons (Fsp3) is 0.429. The second-order valence-electron chi connectivity index (χ2n) is 5.01. The number of amides is 2. The highest BCUT2D eigenvalue weighted by molar-refractivity contribution is 5.87. The van der Waals surface area contributed by atoms with Gasteiger partial charge in [0.15, 0.2) is 0 Å². The minimum atomic E-state index is -0.873. The van der Waals surface area contributed by atoms with Crippen LogP contribution >= 0.6 is 0 Å². The van der Waals surface area contributed by atoms with Crippen molar-refractivity contribution in [3.63, 3.8) is 0 Å². The van der Waals surface area contributed by atoms with Gasteiger partial charge in [-0.05, 0) is 24.3 Å². The van der Waals surface area contributed by atoms with Crippen LogP contribution in [0.2, 0.25) is 0 Å². The summed E-state index contributed by atoms with van der Waals surface area (Å²) in [6.07, 6.45) is 2.08. The van der Waals surface area contributed by atoms with Crippen LogP contribution in [0.25, 0.3) is 0 Å². The van der Waals surface area contributed by atoms with E-state index in [1.807, 2.05) is 30.3 Å². The summed E-state index contributed by atoms with van der Waals surface area (Å²) < 4.78 is 0. The van der Waals surface area contributed by atoms with E-state index in [0.29, 0.717) is 5.92 Å². The lowest BCUT2D eigenvalue weighted by molar-refractivity contribution is -0.127. The Labute approximate surface area is 112 Å². The van der Waals surface area contributed by atoms with Crippen molar-refractivity contribution in [3.05, 3.63) is 35.9 Å². The average Bonchev–Trinajstić information content (AvgIpc) is 3.20. The van der Waals surface area contributed by atoms with E-state index in [1.54, 1.807) is 0 Å². The van der Waals surface area contributed by atoms with Gasteiger partial charge >= 0.3 is 0 Å². The number of primary amides is 1. The first-order valence-corrected chi connectivity index (χ1v) is 6.47. The molecule has 19 heavy (non-hydrogen) atoms. The van der Waals surface area contributed by atoms with Crippen LogP contribution < -0.4 is 16.8 Å². The number of carbonyl (C=O) groups excluding carboxylic acids is 2. The normalized spacial score (nSPS) is 17.5. The van der Waals surface area contributed by atoms with Crippen molar-refractivity contribution in [1.82, 2.24) is 5.32 Å². The van der Waals surface area contributed by atoms with Gasteiger partial charge in [-0.25, -0.2) is 0 Å². The number of nitrogens with one attached hydrogen (secondary N) is 1. The van der Waals surface area contributed by atoms with Gasteiger partial charge in [0.25, 0.3) is 0 Å². The third-order valence-electron chi connectivity index (χ3n) is 3.31. The maximum absolute atomic E-state index is 12.0. The summed E-state index contributed by atoms with van der Waals surface area (Å²) in [6, 6.07) is 8.91. The molecule has 1 aliphatic carbocycles. The Kier molecular flexibility index (Phi) is 4.16. The monoisotopic (exact) mass is 261 g/mol. The summed E-state index contributed by atoms with van der Waals surface area (Å²) in [5, 5.41) is 2.93. The molecule has 0 heterocycles. The first-order valence-electron chi connectivity index (χ1n) is 6.47. The van der Waals surface area contributed by atoms with Gasteiger partial charge in [-0.3, -0.25) is 9.59 Å². The summed E-state index contributed by atoms with van der Waals surface area (Å²) in [6.45, 7) is 0. The molecule has 0 aromatic heterocycles. The summed E-state index contributed by atoms with van der Waals surface area (Å²) >= 11 is 0. The maximum Gasteiger partial charge on any atom is 0.237 e. The fourth-order valence-electron chi connectivity index (χ4n) is 2.13. The van der Waals surface area contributed by atoms with Crippen molar-refractivity contribution in [3.8, 4) is 0 Å². The van der Waals surface area contributed by atoms with Crippen molar-refractivity contribution in [2.45, 2.75) is 31.3 Å². The topological polar surface area (TPSA) is 98.2 Å². The van der Waals surface area contributed by atoms with Crippen LogP contribution in [0.4, 0.5) is 0 Å². The Morgan fingerprint density at radius 3 is 2.42 bits per heavy atom. The Bertz CT molecular complexity index is 457. The lowest BCUT2D eigenvalue weighted by atomic mass is 10.0. The fourth-order valence-corrected chi connectivity index (χ4v) is 2.13. The Morgan fingerprint density at radius 1 is 1.26 bits per heavy atom. The smallest absolute Gasteiger partial charge is 0.237 e. The van der Waals surface area contributed by atoms with Crippen molar-refractivity contribution in [1.29, 1.82) is 0 Å². The highest BCUT2D eigenvalue weighted by Gasteiger charge is 2.34. The predicted octanol–water partition coefficient (Wildman–Crippen LogP) is 0.457. The van der Waals surface area contributed by atoms with Crippen LogP contribution in [0.1, 0.15) is 30.9 Å². The Hall–Kier alpha value is -1.88. The molecule has 2 unspecified atom stereocenters. The molecule has 2 atom stereocenters. The third-order valence-corrected chi connectivity index (χ3v) is 3.31. The van der Waals surface area contributed by atoms with Crippen LogP contribution in [-0.4, -0.2) is 17.9 Å². The first-order chi connectivity index (χ1) is 9.08. The van der Waals surface area contributed by atoms with E-state index in [-0.39, 0.29) is 18.4 Å². The highest BCUT2D eigenvalue weighted by Crippen LogP contribution is 2.40. The zero-order valence-corrected chi connectivity index (χ0v) is 10.7. The minimum absolute atomic E-state index is 0.0207. The van der Waals surface area contributed by atoms with E-state index < -0.39 is 11.9 Å². The number of nitrogens with two attached hydrogens (primary N) is 2. The maximum atomic E-state index is 12.0. The van der Waals surface area contributed by atoms with Gasteiger partial charge in [0.05, 0.1) is 18.5 Å². The number of rotatable bonds is 6. The molecule has 0 bridgehead atoms. The minimum Gasteiger partial charge on any atom is -0.370 e. The van der Waals surface area contributed by atoms with E-state index in [0.717, 1.165) is 18.4 Å².